The molecule has 88 heavy (non-hydrogen) atoms. The predicted octanol–water partition coefficient (Wildman–Crippen LogP) is 18.4. The minimum Gasteiger partial charge on any atom is -0.312 e. The van der Waals surface area contributed by atoms with Gasteiger partial charge in [-0.25, -0.2) is 0 Å². The Morgan fingerprint density at radius 2 is 0.523 bits per heavy atom. The van der Waals surface area contributed by atoms with Gasteiger partial charge in [0, 0.05) is 51.2 Å². The van der Waals surface area contributed by atoms with Crippen LogP contribution in [-0.2, 0) is 21.7 Å². The molecule has 0 aromatic heterocycles. The highest BCUT2D eigenvalue weighted by atomic mass is 15.3. The number of benzene rings is 11. The smallest absolute Gasteiger partial charge is 0.251 e. The van der Waals surface area contributed by atoms with Crippen LogP contribution in [0.4, 0.5) is 68.2 Å². The number of para-hydroxylation sites is 6. The van der Waals surface area contributed by atoms with Gasteiger partial charge < -0.3 is 19.6 Å². The molecule has 4 aliphatic rings. The highest BCUT2D eigenvalue weighted by Gasteiger charge is 2.55. The number of hydrogen-bond donors (Lipinski definition) is 0. The first-order valence-electron chi connectivity index (χ1n) is 31.7. The zero-order chi connectivity index (χ0) is 60.8. The SMILES string of the molecule is CC(C)(C)c1ccc2c(c1)-c1cc(C(C)(C)C)cc3c1B2c1c2c(c(N(c4ccccc4)c4ccccc4)c(N(c4ccccc4)c4ccccc4)c1N(c1ccccc1)c1ccccc1)B1c4ccc(C(C)(C)C)cc4-c4cc(C(C)(C)C)cc(c41)N32. The van der Waals surface area contributed by atoms with E-state index >= 15 is 0 Å². The van der Waals surface area contributed by atoms with E-state index in [1.54, 1.807) is 0 Å². The number of anilines is 12. The number of rotatable bonds is 9. The van der Waals surface area contributed by atoms with Gasteiger partial charge in [0.05, 0.1) is 17.1 Å². The van der Waals surface area contributed by atoms with Gasteiger partial charge in [-0.15, -0.1) is 0 Å². The Kier molecular flexibility index (Phi) is 12.7. The van der Waals surface area contributed by atoms with Crippen LogP contribution in [0.1, 0.15) is 105 Å². The molecule has 0 bridgehead atoms. The Hall–Kier alpha value is -9.25. The van der Waals surface area contributed by atoms with Crippen molar-refractivity contribution < 1.29 is 0 Å². The fourth-order valence-corrected chi connectivity index (χ4v) is 14.7. The molecule has 6 heteroatoms. The molecule has 4 heterocycles. The van der Waals surface area contributed by atoms with Gasteiger partial charge in [-0.2, -0.15) is 0 Å². The zero-order valence-corrected chi connectivity index (χ0v) is 53.0. The van der Waals surface area contributed by atoms with Crippen LogP contribution in [0.15, 0.2) is 243 Å². The van der Waals surface area contributed by atoms with Crippen molar-refractivity contribution in [1.82, 2.24) is 0 Å². The third-order valence-electron chi connectivity index (χ3n) is 19.2. The van der Waals surface area contributed by atoms with E-state index in [9.17, 15) is 0 Å². The molecular weight excluding hydrogens is 1060 g/mol. The van der Waals surface area contributed by atoms with Crippen molar-refractivity contribution in [3.63, 3.8) is 0 Å². The van der Waals surface area contributed by atoms with Gasteiger partial charge in [-0.05, 0) is 173 Å². The molecular formula is C82H76B2N4. The molecule has 430 valence electrons. The van der Waals surface area contributed by atoms with Crippen molar-refractivity contribution in [3.05, 3.63) is 265 Å². The van der Waals surface area contributed by atoms with E-state index in [4.69, 9.17) is 0 Å². The third-order valence-corrected chi connectivity index (χ3v) is 19.2. The van der Waals surface area contributed by atoms with E-state index < -0.39 is 0 Å². The fourth-order valence-electron chi connectivity index (χ4n) is 14.7. The molecule has 15 rings (SSSR count). The van der Waals surface area contributed by atoms with E-state index in [-0.39, 0.29) is 35.1 Å². The van der Waals surface area contributed by atoms with Crippen LogP contribution in [0.3, 0.4) is 0 Å². The maximum atomic E-state index is 2.82. The predicted molar refractivity (Wildman–Crippen MR) is 380 cm³/mol. The van der Waals surface area contributed by atoms with Gasteiger partial charge in [0.2, 0.25) is 0 Å². The van der Waals surface area contributed by atoms with Crippen LogP contribution in [0, 0.1) is 0 Å². The summed E-state index contributed by atoms with van der Waals surface area (Å²) in [6.45, 7) is 28.2. The first-order valence-corrected chi connectivity index (χ1v) is 31.7. The zero-order valence-electron chi connectivity index (χ0n) is 53.0. The molecule has 4 nitrogen and oxygen atoms in total. The minimum atomic E-state index is -0.197. The molecule has 4 aliphatic heterocycles. The van der Waals surface area contributed by atoms with Crippen LogP contribution < -0.4 is 52.4 Å². The molecule has 11 aromatic carbocycles. The molecule has 0 fully saturated rings. The molecule has 0 saturated heterocycles. The van der Waals surface area contributed by atoms with Crippen LogP contribution in [0.5, 0.6) is 0 Å². The molecule has 11 aromatic rings. The summed E-state index contributed by atoms with van der Waals surface area (Å²) in [6.07, 6.45) is 0. The van der Waals surface area contributed by atoms with Crippen molar-refractivity contribution in [3.8, 4) is 22.3 Å². The highest BCUT2D eigenvalue weighted by molar-refractivity contribution is 7.06. The van der Waals surface area contributed by atoms with Crippen molar-refractivity contribution in [2.75, 3.05) is 19.6 Å². The lowest BCUT2D eigenvalue weighted by atomic mass is 9.31. The molecule has 0 N–H and O–H groups in total. The van der Waals surface area contributed by atoms with Gasteiger partial charge in [-0.3, -0.25) is 0 Å². The monoisotopic (exact) mass is 1140 g/mol. The summed E-state index contributed by atoms with van der Waals surface area (Å²) >= 11 is 0. The summed E-state index contributed by atoms with van der Waals surface area (Å²) in [5.74, 6) is 0. The van der Waals surface area contributed by atoms with Crippen LogP contribution >= 0.6 is 0 Å². The van der Waals surface area contributed by atoms with Crippen molar-refractivity contribution in [1.29, 1.82) is 0 Å². The second kappa shape index (κ2) is 20.2. The Labute approximate surface area is 523 Å². The summed E-state index contributed by atoms with van der Waals surface area (Å²) in [6, 6.07) is 92.6. The Bertz CT molecular complexity index is 4170. The lowest BCUT2D eigenvalue weighted by Gasteiger charge is -2.49. The molecule has 0 saturated carbocycles. The van der Waals surface area contributed by atoms with E-state index in [0.29, 0.717) is 0 Å². The Morgan fingerprint density at radius 3 is 0.795 bits per heavy atom. The topological polar surface area (TPSA) is 13.0 Å². The lowest BCUT2D eigenvalue weighted by Crippen LogP contribution is -2.64. The fraction of sp³-hybridized carbons (Fsp3) is 0.195. The second-order valence-corrected chi connectivity index (χ2v) is 29.0. The number of nitrogens with zero attached hydrogens (tertiary/aromatic N) is 4. The standard InChI is InChI=1S/C82H76B2N4/c1-79(2,3)53-43-45-67-63(47-53)65-49-55(81(7,8)9)51-69-71(65)83(67)73-75-74(84-68-46-44-54(80(4,5)6)48-64(68)66-50-56(82(10,11)12)52-70(72(66)84)88(69)75)77(86(59-35-23-15-24-36-59)60-37-25-16-26-38-60)78(87(61-39-27-17-28-40-61)62-41-29-18-30-42-62)76(73)85(57-31-19-13-20-32-57)58-33-21-14-22-34-58/h13-52H,1-12H3. The van der Waals surface area contributed by atoms with Crippen LogP contribution in [0.25, 0.3) is 22.3 Å². The molecule has 0 aliphatic carbocycles. The van der Waals surface area contributed by atoms with E-state index in [0.717, 1.165) is 51.2 Å². The van der Waals surface area contributed by atoms with E-state index in [2.05, 4.69) is 345 Å². The Morgan fingerprint density at radius 1 is 0.261 bits per heavy atom. The van der Waals surface area contributed by atoms with Crippen molar-refractivity contribution >= 4 is 114 Å². The van der Waals surface area contributed by atoms with Gasteiger partial charge in [0.15, 0.2) is 0 Å². The highest BCUT2D eigenvalue weighted by Crippen LogP contribution is 2.58. The minimum absolute atomic E-state index is 0.0873. The maximum Gasteiger partial charge on any atom is 0.251 e. The van der Waals surface area contributed by atoms with Gasteiger partial charge in [0.1, 0.15) is 0 Å². The quantitative estimate of drug-likeness (QED) is 0.134. The van der Waals surface area contributed by atoms with E-state index in [1.807, 2.05) is 0 Å². The van der Waals surface area contributed by atoms with Crippen LogP contribution in [-0.4, -0.2) is 13.4 Å². The van der Waals surface area contributed by atoms with Gasteiger partial charge in [-0.1, -0.05) is 252 Å². The average molecular weight is 1140 g/mol. The second-order valence-electron chi connectivity index (χ2n) is 29.0. The number of fused-ring (bicyclic) bond motifs is 10. The lowest BCUT2D eigenvalue weighted by molar-refractivity contribution is 0.589. The first-order chi connectivity index (χ1) is 42.3. The van der Waals surface area contributed by atoms with Crippen LogP contribution in [0.2, 0.25) is 0 Å². The normalized spacial score (nSPS) is 13.4. The molecule has 0 unspecified atom stereocenters. The summed E-state index contributed by atoms with van der Waals surface area (Å²) in [7, 11) is 0. The maximum absolute atomic E-state index is 2.82. The third kappa shape index (κ3) is 8.72. The number of hydrogen-bond acceptors (Lipinski definition) is 4. The average Bonchev–Trinajstić information content (AvgIpc) is 1.31. The molecule has 0 amide bonds. The largest absolute Gasteiger partial charge is 0.312 e. The van der Waals surface area contributed by atoms with E-state index in [1.165, 1.54) is 94.3 Å². The van der Waals surface area contributed by atoms with Crippen molar-refractivity contribution in [2.24, 2.45) is 0 Å². The summed E-state index contributed by atoms with van der Waals surface area (Å²) < 4.78 is 0. The van der Waals surface area contributed by atoms with Gasteiger partial charge in [0.25, 0.3) is 13.4 Å². The summed E-state index contributed by atoms with van der Waals surface area (Å²) in [5.41, 5.74) is 31.5. The molecule has 0 radical (unpaired) electrons. The van der Waals surface area contributed by atoms with Crippen molar-refractivity contribution in [2.45, 2.75) is 105 Å². The summed E-state index contributed by atoms with van der Waals surface area (Å²) in [4.78, 5) is 10.7. The molecule has 0 spiro atoms. The summed E-state index contributed by atoms with van der Waals surface area (Å²) in [5, 5.41) is 0. The molecule has 0 atom stereocenters. The first kappa shape index (κ1) is 55.3. The van der Waals surface area contributed by atoms with Gasteiger partial charge >= 0.3 is 0 Å². The Balaban J connectivity index is 1.27.